The van der Waals surface area contributed by atoms with Crippen molar-refractivity contribution in [1.82, 2.24) is 0 Å². The summed E-state index contributed by atoms with van der Waals surface area (Å²) in [5.41, 5.74) is 0. The van der Waals surface area contributed by atoms with Gasteiger partial charge in [-0.3, -0.25) is 9.68 Å². The Morgan fingerprint density at radius 2 is 1.36 bits per heavy atom. The van der Waals surface area contributed by atoms with E-state index in [4.69, 9.17) is 25.5 Å². The topological polar surface area (TPSA) is 286 Å². The van der Waals surface area contributed by atoms with E-state index < -0.39 is 74.0 Å². The van der Waals surface area contributed by atoms with Crippen LogP contribution in [0.15, 0.2) is 0 Å². The molecule has 0 spiro atoms. The van der Waals surface area contributed by atoms with Crippen molar-refractivity contribution in [3.63, 3.8) is 0 Å². The first-order chi connectivity index (χ1) is 12.0. The van der Waals surface area contributed by atoms with Gasteiger partial charge in [0.2, 0.25) is 5.97 Å². The summed E-state index contributed by atoms with van der Waals surface area (Å²) in [6.07, 6.45) is -15.9. The molecule has 16 heteroatoms. The van der Waals surface area contributed by atoms with E-state index in [2.05, 4.69) is 9.78 Å². The molecule has 0 bridgehead atoms. The van der Waals surface area contributed by atoms with E-state index in [1.54, 1.807) is 0 Å². The van der Waals surface area contributed by atoms with Crippen molar-refractivity contribution >= 4 is 11.9 Å². The second-order valence-corrected chi connectivity index (χ2v) is 4.73. The fourth-order valence-corrected chi connectivity index (χ4v) is 1.29. The zero-order valence-electron chi connectivity index (χ0n) is 13.8. The molecule has 0 saturated heterocycles. The number of aliphatic hydroxyl groups excluding tert-OH is 10. The minimum absolute atomic E-state index is 0. The Balaban J connectivity index is -0.00000312. The summed E-state index contributed by atoms with van der Waals surface area (Å²) >= 11 is 0. The number of carbonyl (C=O) groups excluding carboxylic acids is 2. The summed E-state index contributed by atoms with van der Waals surface area (Å²) < 4.78 is 0. The molecule has 0 amide bonds. The van der Waals surface area contributed by atoms with Crippen molar-refractivity contribution in [1.29, 1.82) is 0 Å². The van der Waals surface area contributed by atoms with Crippen molar-refractivity contribution in [3.8, 4) is 0 Å². The van der Waals surface area contributed by atoms with Crippen LogP contribution >= 0.6 is 0 Å². The molecule has 0 rings (SSSR count). The SMILES string of the molecule is O.O=C(OOC(=O)C(O)C(O)C(O)C(O)CO)[C-](O)[C-](O)[C-](O)C(O)CO.[Fe+3]. The normalized spacial score (nSPS) is 16.1. The van der Waals surface area contributed by atoms with Crippen LogP contribution in [-0.4, -0.2) is 112 Å². The number of aliphatic hydroxyl groups is 10. The third-order valence-corrected chi connectivity index (χ3v) is 2.84. The monoisotopic (exact) mass is 461 g/mol. The third kappa shape index (κ3) is 8.93. The van der Waals surface area contributed by atoms with E-state index in [9.17, 15) is 35.1 Å². The van der Waals surface area contributed by atoms with Crippen LogP contribution in [0, 0.1) is 18.3 Å². The molecule has 0 aromatic carbocycles. The maximum absolute atomic E-state index is 11.3. The Kier molecular flexibility index (Phi) is 16.7. The maximum Gasteiger partial charge on any atom is 3.00 e. The number of carbonyl (C=O) groups is 2. The van der Waals surface area contributed by atoms with Gasteiger partial charge >= 0.3 is 23.0 Å². The predicted molar refractivity (Wildman–Crippen MR) is 75.5 cm³/mol. The summed E-state index contributed by atoms with van der Waals surface area (Å²) in [7, 11) is 0. The van der Waals surface area contributed by atoms with Crippen LogP contribution in [0.1, 0.15) is 0 Å². The van der Waals surface area contributed by atoms with Crippen molar-refractivity contribution in [3.05, 3.63) is 18.3 Å². The van der Waals surface area contributed by atoms with Gasteiger partial charge in [0.1, 0.15) is 18.3 Å². The fraction of sp³-hybridized carbons (Fsp3) is 0.583. The Morgan fingerprint density at radius 3 is 1.79 bits per heavy atom. The molecule has 0 aromatic heterocycles. The van der Waals surface area contributed by atoms with Crippen LogP contribution in [0.2, 0.25) is 0 Å². The second kappa shape index (κ2) is 14.8. The van der Waals surface area contributed by atoms with Crippen LogP contribution < -0.4 is 0 Å². The molecule has 0 aliphatic rings. The molecular weight excluding hydrogens is 440 g/mol. The molecule has 12 N–H and O–H groups in total. The average molecular weight is 461 g/mol. The third-order valence-electron chi connectivity index (χ3n) is 2.84. The largest absolute Gasteiger partial charge is 3.00 e. The molecule has 0 fully saturated rings. The van der Waals surface area contributed by atoms with Gasteiger partial charge < -0.3 is 74.9 Å². The van der Waals surface area contributed by atoms with Gasteiger partial charge in [-0.2, -0.15) is 0 Å². The number of rotatable bonds is 10. The standard InChI is InChI=1S/C12H19O14.Fe.H2O/c13-1-3(15)5(17)7(19)9(21)11(23)25-26-12(24)10(22)8(20)6(18)4(16)2-14;;/h3-5,7,9,13-22H,1-2H2;;1H2/q-3;+3;. The Labute approximate surface area is 167 Å². The van der Waals surface area contributed by atoms with Crippen molar-refractivity contribution in [2.45, 2.75) is 30.5 Å². The molecule has 5 unspecified atom stereocenters. The number of hydrogen-bond acceptors (Lipinski definition) is 14. The summed E-state index contributed by atoms with van der Waals surface area (Å²) in [5.74, 6) is -3.88. The molecule has 0 aromatic rings. The molecule has 1 radical (unpaired) electrons. The van der Waals surface area contributed by atoms with Gasteiger partial charge in [-0.15, -0.1) is 0 Å². The first-order valence-corrected chi connectivity index (χ1v) is 6.72. The van der Waals surface area contributed by atoms with Gasteiger partial charge in [-0.05, 0) is 6.10 Å². The first kappa shape index (κ1) is 31.6. The summed E-state index contributed by atoms with van der Waals surface area (Å²) in [6.45, 7) is -2.11. The molecular formula is C12H21FeO15. The zero-order chi connectivity index (χ0) is 20.6. The number of hydrogen-bond donors (Lipinski definition) is 10. The maximum atomic E-state index is 11.3. The summed E-state index contributed by atoms with van der Waals surface area (Å²) in [6, 6.07) is 0. The van der Waals surface area contributed by atoms with Crippen LogP contribution in [0.25, 0.3) is 0 Å². The van der Waals surface area contributed by atoms with Crippen LogP contribution in [0.4, 0.5) is 0 Å². The molecule has 0 saturated carbocycles. The van der Waals surface area contributed by atoms with E-state index in [1.165, 1.54) is 0 Å². The minimum Gasteiger partial charge on any atom is -0.618 e. The van der Waals surface area contributed by atoms with Gasteiger partial charge in [0, 0.05) is 6.61 Å². The Bertz CT molecular complexity index is 411. The molecule has 0 heterocycles. The zero-order valence-corrected chi connectivity index (χ0v) is 14.9. The molecule has 167 valence electrons. The Morgan fingerprint density at radius 1 is 0.857 bits per heavy atom. The van der Waals surface area contributed by atoms with Gasteiger partial charge in [0.15, 0.2) is 6.10 Å². The van der Waals surface area contributed by atoms with Crippen LogP contribution in [0.5, 0.6) is 0 Å². The average Bonchev–Trinajstić information content (AvgIpc) is 2.66. The van der Waals surface area contributed by atoms with E-state index >= 15 is 0 Å². The summed E-state index contributed by atoms with van der Waals surface area (Å²) in [4.78, 5) is 30.0. The summed E-state index contributed by atoms with van der Waals surface area (Å²) in [5, 5.41) is 90.8. The molecule has 28 heavy (non-hydrogen) atoms. The smallest absolute Gasteiger partial charge is 0.618 e. The van der Waals surface area contributed by atoms with Crippen molar-refractivity contribution in [2.24, 2.45) is 0 Å². The molecule has 15 nitrogen and oxygen atoms in total. The van der Waals surface area contributed by atoms with Crippen LogP contribution in [-0.2, 0) is 36.4 Å². The van der Waals surface area contributed by atoms with Gasteiger partial charge in [0.05, 0.1) is 6.61 Å². The van der Waals surface area contributed by atoms with E-state index in [1.807, 2.05) is 0 Å². The van der Waals surface area contributed by atoms with E-state index in [-0.39, 0.29) is 22.5 Å². The molecule has 0 aliphatic heterocycles. The van der Waals surface area contributed by atoms with Crippen molar-refractivity contribution < 1.29 is 93.0 Å². The van der Waals surface area contributed by atoms with Gasteiger partial charge in [0.25, 0.3) is 0 Å². The molecule has 0 aliphatic carbocycles. The predicted octanol–water partition coefficient (Wildman–Crippen LogP) is -6.34. The van der Waals surface area contributed by atoms with E-state index in [0.29, 0.717) is 0 Å². The van der Waals surface area contributed by atoms with Gasteiger partial charge in [-0.25, -0.2) is 9.68 Å². The fourth-order valence-electron chi connectivity index (χ4n) is 1.29. The molecule has 5 atom stereocenters. The quantitative estimate of drug-likeness (QED) is 0.0627. The van der Waals surface area contributed by atoms with E-state index in [0.717, 1.165) is 0 Å². The minimum atomic E-state index is -2.56. The first-order valence-electron chi connectivity index (χ1n) is 6.72. The van der Waals surface area contributed by atoms with Crippen molar-refractivity contribution in [2.75, 3.05) is 13.2 Å². The second-order valence-electron chi connectivity index (χ2n) is 4.73. The van der Waals surface area contributed by atoms with Crippen LogP contribution in [0.3, 0.4) is 0 Å². The Hall–Kier alpha value is -1.11. The van der Waals surface area contributed by atoms with Gasteiger partial charge in [-0.1, -0.05) is 0 Å².